The smallest absolute Gasteiger partial charge is 0.242 e. The van der Waals surface area contributed by atoms with Gasteiger partial charge in [0.15, 0.2) is 5.78 Å². The van der Waals surface area contributed by atoms with E-state index in [0.29, 0.717) is 12.0 Å². The zero-order valence-electron chi connectivity index (χ0n) is 13.5. The molecule has 22 heavy (non-hydrogen) atoms. The van der Waals surface area contributed by atoms with E-state index in [1.807, 2.05) is 44.2 Å². The number of amides is 1. The third kappa shape index (κ3) is 2.18. The standard InChI is InChI=1S/C18H22N2O2/c1-12(2)17(22)14-11-19-15(21)10-18(3,4)20(19)16(14)13-8-6-5-7-9-13/h5-9,11-12,16H,10H2,1-4H3. The van der Waals surface area contributed by atoms with Crippen LogP contribution in [-0.2, 0) is 9.59 Å². The predicted octanol–water partition coefficient (Wildman–Crippen LogP) is 3.08. The van der Waals surface area contributed by atoms with E-state index < -0.39 is 0 Å². The first-order valence-electron chi connectivity index (χ1n) is 7.75. The first-order valence-corrected chi connectivity index (χ1v) is 7.75. The van der Waals surface area contributed by atoms with E-state index >= 15 is 0 Å². The fourth-order valence-corrected chi connectivity index (χ4v) is 3.37. The van der Waals surface area contributed by atoms with Crippen LogP contribution in [0.2, 0.25) is 0 Å². The van der Waals surface area contributed by atoms with Crippen LogP contribution < -0.4 is 0 Å². The third-order valence-electron chi connectivity index (χ3n) is 4.42. The fraction of sp³-hybridized carbons (Fsp3) is 0.444. The summed E-state index contributed by atoms with van der Waals surface area (Å²) in [4.78, 5) is 25.0. The number of Topliss-reactive ketones (excluding diaryl/α,β-unsaturated/α-hetero) is 1. The molecule has 1 amide bonds. The maximum atomic E-state index is 12.6. The quantitative estimate of drug-likeness (QED) is 0.861. The number of benzene rings is 1. The molecule has 1 atom stereocenters. The van der Waals surface area contributed by atoms with Gasteiger partial charge >= 0.3 is 0 Å². The van der Waals surface area contributed by atoms with Crippen LogP contribution in [0.5, 0.6) is 0 Å². The number of rotatable bonds is 3. The molecule has 2 heterocycles. The highest BCUT2D eigenvalue weighted by Gasteiger charge is 2.52. The Morgan fingerprint density at radius 1 is 1.23 bits per heavy atom. The van der Waals surface area contributed by atoms with Crippen molar-refractivity contribution in [2.75, 3.05) is 0 Å². The number of carbonyl (C=O) groups excluding carboxylic acids is 2. The number of hydrogen-bond donors (Lipinski definition) is 0. The monoisotopic (exact) mass is 298 g/mol. The van der Waals surface area contributed by atoms with Crippen LogP contribution >= 0.6 is 0 Å². The van der Waals surface area contributed by atoms with E-state index in [0.717, 1.165) is 5.56 Å². The van der Waals surface area contributed by atoms with Crippen LogP contribution in [-0.4, -0.2) is 27.2 Å². The molecule has 2 aliphatic rings. The second kappa shape index (κ2) is 5.06. The minimum Gasteiger partial charge on any atom is -0.294 e. The molecule has 0 aliphatic carbocycles. The Balaban J connectivity index is 2.11. The minimum absolute atomic E-state index is 0.0532. The van der Waals surface area contributed by atoms with E-state index in [2.05, 4.69) is 18.9 Å². The third-order valence-corrected chi connectivity index (χ3v) is 4.42. The highest BCUT2D eigenvalue weighted by molar-refractivity contribution is 5.99. The molecule has 116 valence electrons. The van der Waals surface area contributed by atoms with Crippen molar-refractivity contribution >= 4 is 11.7 Å². The Morgan fingerprint density at radius 2 is 1.86 bits per heavy atom. The van der Waals surface area contributed by atoms with Crippen LogP contribution in [0.4, 0.5) is 0 Å². The van der Waals surface area contributed by atoms with Crippen LogP contribution in [0.1, 0.15) is 45.7 Å². The molecule has 4 nitrogen and oxygen atoms in total. The molecule has 0 aromatic heterocycles. The number of carbonyl (C=O) groups is 2. The zero-order chi connectivity index (χ0) is 16.1. The van der Waals surface area contributed by atoms with Gasteiger partial charge in [0.1, 0.15) is 0 Å². The molecule has 2 aliphatic heterocycles. The number of ketones is 1. The number of hydrazine groups is 1. The summed E-state index contributed by atoms with van der Waals surface area (Å²) in [5.41, 5.74) is 1.46. The molecule has 3 rings (SSSR count). The van der Waals surface area contributed by atoms with Gasteiger partial charge in [-0.05, 0) is 19.4 Å². The van der Waals surface area contributed by atoms with Crippen molar-refractivity contribution in [3.8, 4) is 0 Å². The molecule has 0 N–H and O–H groups in total. The van der Waals surface area contributed by atoms with Gasteiger partial charge in [0.25, 0.3) is 0 Å². The van der Waals surface area contributed by atoms with Crippen LogP contribution in [0, 0.1) is 5.92 Å². The SMILES string of the molecule is CC(C)C(=O)C1=CN2C(=O)CC(C)(C)N2C1c1ccccc1. The Bertz CT molecular complexity index is 646. The highest BCUT2D eigenvalue weighted by atomic mass is 16.2. The lowest BCUT2D eigenvalue weighted by atomic mass is 9.89. The van der Waals surface area contributed by atoms with Crippen molar-refractivity contribution in [1.82, 2.24) is 10.0 Å². The molecule has 4 heteroatoms. The first kappa shape index (κ1) is 15.0. The van der Waals surface area contributed by atoms with Crippen LogP contribution in [0.15, 0.2) is 42.1 Å². The second-order valence-electron chi connectivity index (χ2n) is 6.99. The fourth-order valence-electron chi connectivity index (χ4n) is 3.37. The first-order chi connectivity index (χ1) is 10.3. The van der Waals surface area contributed by atoms with Gasteiger partial charge in [0, 0.05) is 29.7 Å². The van der Waals surface area contributed by atoms with Gasteiger partial charge < -0.3 is 0 Å². The Kier molecular flexibility index (Phi) is 3.44. The van der Waals surface area contributed by atoms with E-state index in [1.165, 1.54) is 0 Å². The molecular formula is C18H22N2O2. The molecule has 0 bridgehead atoms. The molecule has 1 fully saturated rings. The summed E-state index contributed by atoms with van der Waals surface area (Å²) in [5.74, 6) is 0.0706. The van der Waals surface area contributed by atoms with Crippen LogP contribution in [0.25, 0.3) is 0 Å². The van der Waals surface area contributed by atoms with Gasteiger partial charge in [-0.3, -0.25) is 9.59 Å². The predicted molar refractivity (Wildman–Crippen MR) is 84.5 cm³/mol. The summed E-state index contributed by atoms with van der Waals surface area (Å²) in [5, 5.41) is 3.70. The zero-order valence-corrected chi connectivity index (χ0v) is 13.5. The number of nitrogens with zero attached hydrogens (tertiary/aromatic N) is 2. The normalized spacial score (nSPS) is 23.9. The van der Waals surface area contributed by atoms with Gasteiger partial charge in [0.2, 0.25) is 5.91 Å². The summed E-state index contributed by atoms with van der Waals surface area (Å²) >= 11 is 0. The molecule has 1 aromatic rings. The molecular weight excluding hydrogens is 276 g/mol. The Hall–Kier alpha value is -1.94. The van der Waals surface area contributed by atoms with Crippen LogP contribution in [0.3, 0.4) is 0 Å². The lowest BCUT2D eigenvalue weighted by molar-refractivity contribution is -0.134. The van der Waals surface area contributed by atoms with Crippen molar-refractivity contribution in [2.24, 2.45) is 5.92 Å². The van der Waals surface area contributed by atoms with Gasteiger partial charge in [-0.1, -0.05) is 44.2 Å². The highest BCUT2D eigenvalue weighted by Crippen LogP contribution is 2.46. The molecule has 0 radical (unpaired) electrons. The van der Waals surface area contributed by atoms with E-state index in [4.69, 9.17) is 0 Å². The molecule has 1 aromatic carbocycles. The molecule has 1 unspecified atom stereocenters. The Labute approximate surface area is 131 Å². The summed E-state index contributed by atoms with van der Waals surface area (Å²) in [6.45, 7) is 7.91. The lowest BCUT2D eigenvalue weighted by Crippen LogP contribution is -2.44. The lowest BCUT2D eigenvalue weighted by Gasteiger charge is -2.36. The minimum atomic E-state index is -0.299. The summed E-state index contributed by atoms with van der Waals surface area (Å²) < 4.78 is 0. The van der Waals surface area contributed by atoms with Crippen molar-refractivity contribution < 1.29 is 9.59 Å². The van der Waals surface area contributed by atoms with E-state index in [-0.39, 0.29) is 29.2 Å². The van der Waals surface area contributed by atoms with Crippen molar-refractivity contribution in [1.29, 1.82) is 0 Å². The summed E-state index contributed by atoms with van der Waals surface area (Å²) in [6.07, 6.45) is 2.22. The van der Waals surface area contributed by atoms with E-state index in [9.17, 15) is 9.59 Å². The number of fused-ring (bicyclic) bond motifs is 1. The number of hydrogen-bond acceptors (Lipinski definition) is 3. The summed E-state index contributed by atoms with van der Waals surface area (Å²) in [6, 6.07) is 9.77. The maximum absolute atomic E-state index is 12.6. The van der Waals surface area contributed by atoms with E-state index in [1.54, 1.807) is 11.2 Å². The van der Waals surface area contributed by atoms with Gasteiger partial charge in [-0.15, -0.1) is 0 Å². The molecule has 0 spiro atoms. The summed E-state index contributed by atoms with van der Waals surface area (Å²) in [7, 11) is 0. The average Bonchev–Trinajstić information content (AvgIpc) is 2.96. The van der Waals surface area contributed by atoms with Crippen molar-refractivity contribution in [2.45, 2.75) is 45.7 Å². The molecule has 0 saturated carbocycles. The largest absolute Gasteiger partial charge is 0.294 e. The maximum Gasteiger partial charge on any atom is 0.242 e. The van der Waals surface area contributed by atoms with Gasteiger partial charge in [0.05, 0.1) is 6.04 Å². The van der Waals surface area contributed by atoms with Crippen molar-refractivity contribution in [3.05, 3.63) is 47.7 Å². The van der Waals surface area contributed by atoms with Crippen molar-refractivity contribution in [3.63, 3.8) is 0 Å². The Morgan fingerprint density at radius 3 is 2.45 bits per heavy atom. The average molecular weight is 298 g/mol. The second-order valence-corrected chi connectivity index (χ2v) is 6.99. The topological polar surface area (TPSA) is 40.6 Å². The van der Waals surface area contributed by atoms with Gasteiger partial charge in [-0.2, -0.15) is 5.01 Å². The van der Waals surface area contributed by atoms with Gasteiger partial charge in [-0.25, -0.2) is 5.01 Å². The molecule has 1 saturated heterocycles.